The smallest absolute Gasteiger partial charge is 0.472 e. The second-order valence-electron chi connectivity index (χ2n) is 12.5. The van der Waals surface area contributed by atoms with E-state index in [1.807, 2.05) is 6.08 Å². The minimum absolute atomic E-state index is 0.0586. The summed E-state index contributed by atoms with van der Waals surface area (Å²) in [6, 6.07) is 0. The summed E-state index contributed by atoms with van der Waals surface area (Å²) in [7, 11) is -4.25. The van der Waals surface area contributed by atoms with Crippen LogP contribution in [0.1, 0.15) is 181 Å². The molecule has 0 aromatic carbocycles. The first-order chi connectivity index (χ1) is 21.9. The largest absolute Gasteiger partial charge is 0.492 e. The van der Waals surface area contributed by atoms with Gasteiger partial charge in [0.05, 0.1) is 19.5 Å². The second-order valence-corrected chi connectivity index (χ2v) is 14.0. The molecule has 0 rings (SSSR count). The number of carbonyl (C=O) groups excluding carboxylic acids is 1. The third-order valence-electron chi connectivity index (χ3n) is 8.05. The van der Waals surface area contributed by atoms with Crippen LogP contribution in [0.2, 0.25) is 0 Å². The number of rotatable bonds is 36. The molecular formula is C36H72NO7P. The third-order valence-corrected chi connectivity index (χ3v) is 9.04. The molecule has 0 heterocycles. The number of unbranched alkanes of at least 4 members (excludes halogenated alkanes) is 23. The third kappa shape index (κ3) is 34.2. The average molecular weight is 662 g/mol. The summed E-state index contributed by atoms with van der Waals surface area (Å²) in [4.78, 5) is 22.1. The molecule has 0 saturated carbocycles. The molecule has 0 radical (unpaired) electrons. The maximum Gasteiger partial charge on any atom is 0.472 e. The molecule has 0 saturated heterocycles. The normalized spacial score (nSPS) is 13.7. The molecule has 0 aliphatic carbocycles. The van der Waals surface area contributed by atoms with Gasteiger partial charge in [-0.1, -0.05) is 155 Å². The Balaban J connectivity index is 4.13. The molecule has 0 fully saturated rings. The van der Waals surface area contributed by atoms with E-state index in [4.69, 9.17) is 24.3 Å². The number of hydrogen-bond acceptors (Lipinski definition) is 7. The van der Waals surface area contributed by atoms with Crippen LogP contribution in [0.4, 0.5) is 0 Å². The van der Waals surface area contributed by atoms with E-state index in [-0.39, 0.29) is 32.3 Å². The van der Waals surface area contributed by atoms with Crippen molar-refractivity contribution >= 4 is 13.8 Å². The van der Waals surface area contributed by atoms with E-state index in [0.29, 0.717) is 6.42 Å². The van der Waals surface area contributed by atoms with E-state index in [2.05, 4.69) is 13.8 Å². The van der Waals surface area contributed by atoms with Crippen molar-refractivity contribution in [2.75, 3.05) is 26.4 Å². The van der Waals surface area contributed by atoms with Crippen LogP contribution in [-0.2, 0) is 27.9 Å². The van der Waals surface area contributed by atoms with Crippen molar-refractivity contribution in [3.05, 3.63) is 12.3 Å². The van der Waals surface area contributed by atoms with Gasteiger partial charge in [-0.25, -0.2) is 4.57 Å². The maximum absolute atomic E-state index is 12.3. The van der Waals surface area contributed by atoms with Gasteiger partial charge in [0.25, 0.3) is 0 Å². The Morgan fingerprint density at radius 1 is 0.667 bits per heavy atom. The number of hydrogen-bond donors (Lipinski definition) is 2. The molecule has 2 unspecified atom stereocenters. The minimum atomic E-state index is -4.25. The van der Waals surface area contributed by atoms with Gasteiger partial charge in [-0.3, -0.25) is 13.8 Å². The Labute approximate surface area is 277 Å². The van der Waals surface area contributed by atoms with Crippen LogP contribution in [0, 0.1) is 0 Å². The number of phosphoric acid groups is 1. The fourth-order valence-corrected chi connectivity index (χ4v) is 5.98. The molecule has 0 bridgehead atoms. The van der Waals surface area contributed by atoms with Gasteiger partial charge in [0, 0.05) is 13.0 Å². The predicted octanol–water partition coefficient (Wildman–Crippen LogP) is 10.7. The highest BCUT2D eigenvalue weighted by molar-refractivity contribution is 7.47. The van der Waals surface area contributed by atoms with Crippen LogP contribution in [0.3, 0.4) is 0 Å². The van der Waals surface area contributed by atoms with Crippen molar-refractivity contribution in [2.24, 2.45) is 5.73 Å². The zero-order chi connectivity index (χ0) is 33.1. The van der Waals surface area contributed by atoms with Crippen LogP contribution >= 0.6 is 7.82 Å². The summed E-state index contributed by atoms with van der Waals surface area (Å²) in [5.41, 5.74) is 5.34. The first-order valence-electron chi connectivity index (χ1n) is 18.7. The lowest BCUT2D eigenvalue weighted by Crippen LogP contribution is -2.25. The second kappa shape index (κ2) is 34.4. The highest BCUT2D eigenvalue weighted by Crippen LogP contribution is 2.43. The fourth-order valence-electron chi connectivity index (χ4n) is 5.22. The van der Waals surface area contributed by atoms with E-state index in [9.17, 15) is 14.3 Å². The number of ether oxygens (including phenoxy) is 2. The van der Waals surface area contributed by atoms with Gasteiger partial charge in [-0.2, -0.15) is 0 Å². The van der Waals surface area contributed by atoms with Crippen molar-refractivity contribution in [3.8, 4) is 0 Å². The van der Waals surface area contributed by atoms with Gasteiger partial charge in [0.2, 0.25) is 0 Å². The lowest BCUT2D eigenvalue weighted by Gasteiger charge is -2.19. The molecule has 0 aromatic heterocycles. The first-order valence-corrected chi connectivity index (χ1v) is 20.2. The van der Waals surface area contributed by atoms with Crippen LogP contribution in [-0.4, -0.2) is 43.3 Å². The number of esters is 1. The lowest BCUT2D eigenvalue weighted by atomic mass is 10.0. The number of nitrogens with two attached hydrogens (primary N) is 1. The van der Waals surface area contributed by atoms with E-state index in [0.717, 1.165) is 32.1 Å². The minimum Gasteiger partial charge on any atom is -0.492 e. The van der Waals surface area contributed by atoms with Gasteiger partial charge in [-0.15, -0.1) is 0 Å². The fraction of sp³-hybridized carbons (Fsp3) is 0.917. The lowest BCUT2D eigenvalue weighted by molar-refractivity contribution is -0.147. The number of phosphoric ester groups is 1. The van der Waals surface area contributed by atoms with Gasteiger partial charge >= 0.3 is 13.8 Å². The monoisotopic (exact) mass is 662 g/mol. The quantitative estimate of drug-likeness (QED) is 0.0295. The molecule has 0 amide bonds. The predicted molar refractivity (Wildman–Crippen MR) is 187 cm³/mol. The number of allylic oxidation sites excluding steroid dienone is 1. The van der Waals surface area contributed by atoms with Gasteiger partial charge in [0.1, 0.15) is 6.61 Å². The summed E-state index contributed by atoms with van der Waals surface area (Å²) in [5, 5.41) is 0. The van der Waals surface area contributed by atoms with Gasteiger partial charge in [0.15, 0.2) is 6.10 Å². The van der Waals surface area contributed by atoms with Crippen LogP contribution < -0.4 is 5.73 Å². The van der Waals surface area contributed by atoms with Crippen molar-refractivity contribution in [1.82, 2.24) is 0 Å². The molecule has 0 spiro atoms. The molecule has 8 nitrogen and oxygen atoms in total. The highest BCUT2D eigenvalue weighted by Gasteiger charge is 2.24. The summed E-state index contributed by atoms with van der Waals surface area (Å²) in [6.45, 7) is 4.22. The molecule has 0 aliphatic rings. The summed E-state index contributed by atoms with van der Waals surface area (Å²) < 4.78 is 33.0. The summed E-state index contributed by atoms with van der Waals surface area (Å²) in [5.74, 6) is -0.289. The highest BCUT2D eigenvalue weighted by atomic mass is 31.2. The Morgan fingerprint density at radius 2 is 1.11 bits per heavy atom. The Kier molecular flexibility index (Phi) is 33.7. The summed E-state index contributed by atoms with van der Waals surface area (Å²) in [6.07, 6.45) is 34.6. The van der Waals surface area contributed by atoms with Gasteiger partial charge < -0.3 is 20.1 Å². The Hall–Kier alpha value is -0.920. The SMILES string of the molecule is CCCCCCCCCCCCCCC=COC(COC(=O)CCCCCCCCCCCCCC)COP(=O)(O)OCCN. The standard InChI is InChI=1S/C36H72NO7P/c1-3-5-7-9-11-13-15-17-18-20-22-24-26-28-31-41-35(34-44-45(39,40)43-32-30-37)33-42-36(38)29-27-25-23-21-19-16-14-12-10-8-6-4-2/h28,31,35H,3-27,29-30,32-34,37H2,1-2H3,(H,39,40). The molecular weight excluding hydrogens is 589 g/mol. The summed E-state index contributed by atoms with van der Waals surface area (Å²) >= 11 is 0. The van der Waals surface area contributed by atoms with Crippen molar-refractivity contribution < 1.29 is 32.8 Å². The molecule has 0 aromatic rings. The Bertz CT molecular complexity index is 707. The van der Waals surface area contributed by atoms with Crippen LogP contribution in [0.15, 0.2) is 12.3 Å². The van der Waals surface area contributed by atoms with E-state index >= 15 is 0 Å². The first kappa shape index (κ1) is 44.1. The molecule has 45 heavy (non-hydrogen) atoms. The van der Waals surface area contributed by atoms with E-state index in [1.54, 1.807) is 6.26 Å². The average Bonchev–Trinajstić information content (AvgIpc) is 3.03. The van der Waals surface area contributed by atoms with E-state index < -0.39 is 13.9 Å². The van der Waals surface area contributed by atoms with Crippen LogP contribution in [0.25, 0.3) is 0 Å². The molecule has 3 N–H and O–H groups in total. The van der Waals surface area contributed by atoms with Crippen molar-refractivity contribution in [3.63, 3.8) is 0 Å². The molecule has 2 atom stereocenters. The maximum atomic E-state index is 12.3. The topological polar surface area (TPSA) is 117 Å². The van der Waals surface area contributed by atoms with Gasteiger partial charge in [-0.05, 0) is 25.3 Å². The van der Waals surface area contributed by atoms with Crippen molar-refractivity contribution in [1.29, 1.82) is 0 Å². The van der Waals surface area contributed by atoms with E-state index in [1.165, 1.54) is 128 Å². The molecule has 0 aliphatic heterocycles. The zero-order valence-electron chi connectivity index (χ0n) is 29.4. The molecule has 9 heteroatoms. The zero-order valence-corrected chi connectivity index (χ0v) is 30.3. The molecule has 268 valence electrons. The van der Waals surface area contributed by atoms with Crippen molar-refractivity contribution in [2.45, 2.75) is 187 Å². The Morgan fingerprint density at radius 3 is 1.58 bits per heavy atom. The van der Waals surface area contributed by atoms with Crippen LogP contribution in [0.5, 0.6) is 0 Å². The number of carbonyl (C=O) groups is 1.